The van der Waals surface area contributed by atoms with E-state index >= 15 is 0 Å². The van der Waals surface area contributed by atoms with E-state index in [1.165, 1.54) is 6.07 Å². The Morgan fingerprint density at radius 2 is 2.23 bits per heavy atom. The number of H-pyrrole nitrogens is 1. The maximum absolute atomic E-state index is 12.1. The number of aromatic nitrogens is 2. The fraction of sp³-hybridized carbons (Fsp3) is 0.400. The molecule has 0 amide bonds. The van der Waals surface area contributed by atoms with Crippen LogP contribution in [-0.4, -0.2) is 28.3 Å². The lowest BCUT2D eigenvalue weighted by Crippen LogP contribution is -2.15. The quantitative estimate of drug-likeness (QED) is 0.619. The van der Waals surface area contributed by atoms with Crippen LogP contribution in [0.5, 0.6) is 6.01 Å². The number of aliphatic hydroxyl groups excluding tert-OH is 1. The molecule has 0 bridgehead atoms. The summed E-state index contributed by atoms with van der Waals surface area (Å²) in [4.78, 5) is 30.0. The molecule has 7 heteroatoms. The largest absolute Gasteiger partial charge is 0.451 e. The van der Waals surface area contributed by atoms with E-state index in [9.17, 15) is 9.59 Å². The SMILES string of the molecule is CCc1cc(=O)oc2nc(OCC#CCCCO)[nH]c(=O)c12. The number of ether oxygens (including phenoxy) is 1. The van der Waals surface area contributed by atoms with Gasteiger partial charge in [0.25, 0.3) is 5.56 Å². The van der Waals surface area contributed by atoms with Crippen molar-refractivity contribution < 1.29 is 14.3 Å². The van der Waals surface area contributed by atoms with Gasteiger partial charge >= 0.3 is 11.6 Å². The number of unbranched alkanes of at least 4 members (excludes halogenated alkanes) is 1. The van der Waals surface area contributed by atoms with Gasteiger partial charge in [0.15, 0.2) is 6.61 Å². The second-order valence-corrected chi connectivity index (χ2v) is 4.46. The number of aromatic amines is 1. The van der Waals surface area contributed by atoms with E-state index in [2.05, 4.69) is 21.8 Å². The number of aliphatic hydroxyl groups is 1. The van der Waals surface area contributed by atoms with Crippen molar-refractivity contribution in [3.8, 4) is 17.9 Å². The molecule has 0 fully saturated rings. The van der Waals surface area contributed by atoms with Crippen LogP contribution in [-0.2, 0) is 6.42 Å². The molecule has 0 unspecified atom stereocenters. The molecule has 2 heterocycles. The third kappa shape index (κ3) is 3.74. The second-order valence-electron chi connectivity index (χ2n) is 4.46. The molecule has 7 nitrogen and oxygen atoms in total. The molecule has 0 aromatic carbocycles. The minimum Gasteiger partial charge on any atom is -0.451 e. The van der Waals surface area contributed by atoms with Crippen LogP contribution >= 0.6 is 0 Å². The van der Waals surface area contributed by atoms with E-state index < -0.39 is 11.2 Å². The number of nitrogens with one attached hydrogen (secondary N) is 1. The van der Waals surface area contributed by atoms with E-state index in [0.29, 0.717) is 24.8 Å². The van der Waals surface area contributed by atoms with Gasteiger partial charge in [-0.25, -0.2) is 4.79 Å². The smallest absolute Gasteiger partial charge is 0.337 e. The fourth-order valence-electron chi connectivity index (χ4n) is 1.89. The number of aryl methyl sites for hydroxylation is 1. The molecule has 2 rings (SSSR count). The van der Waals surface area contributed by atoms with Crippen LogP contribution in [0.1, 0.15) is 25.3 Å². The Bertz CT molecular complexity index is 826. The summed E-state index contributed by atoms with van der Waals surface area (Å²) in [5.74, 6) is 5.54. The molecular weight excluding hydrogens is 288 g/mol. The van der Waals surface area contributed by atoms with E-state index in [-0.39, 0.29) is 30.3 Å². The maximum atomic E-state index is 12.1. The second kappa shape index (κ2) is 7.43. The van der Waals surface area contributed by atoms with Gasteiger partial charge in [-0.05, 0) is 18.4 Å². The summed E-state index contributed by atoms with van der Waals surface area (Å²) in [7, 11) is 0. The van der Waals surface area contributed by atoms with Crippen LogP contribution in [0.3, 0.4) is 0 Å². The molecule has 2 N–H and O–H groups in total. The molecule has 0 aliphatic heterocycles. The molecule has 0 saturated carbocycles. The number of rotatable bonds is 5. The van der Waals surface area contributed by atoms with E-state index in [0.717, 1.165) is 0 Å². The van der Waals surface area contributed by atoms with Gasteiger partial charge in [0.05, 0.1) is 0 Å². The monoisotopic (exact) mass is 304 g/mol. The Balaban J connectivity index is 2.24. The Morgan fingerprint density at radius 3 is 2.95 bits per heavy atom. The molecule has 0 spiro atoms. The molecule has 0 aliphatic carbocycles. The van der Waals surface area contributed by atoms with Gasteiger partial charge in [-0.1, -0.05) is 18.8 Å². The molecule has 0 aliphatic rings. The molecule has 0 saturated heterocycles. The van der Waals surface area contributed by atoms with E-state index in [4.69, 9.17) is 14.3 Å². The van der Waals surface area contributed by atoms with Gasteiger partial charge < -0.3 is 14.3 Å². The fourth-order valence-corrected chi connectivity index (χ4v) is 1.89. The van der Waals surface area contributed by atoms with Crippen molar-refractivity contribution in [1.29, 1.82) is 0 Å². The Morgan fingerprint density at radius 1 is 1.41 bits per heavy atom. The van der Waals surface area contributed by atoms with Gasteiger partial charge in [-0.3, -0.25) is 9.78 Å². The molecule has 22 heavy (non-hydrogen) atoms. The normalized spacial score (nSPS) is 10.3. The van der Waals surface area contributed by atoms with Crippen molar-refractivity contribution in [2.75, 3.05) is 13.2 Å². The first-order chi connectivity index (χ1) is 10.7. The van der Waals surface area contributed by atoms with Gasteiger partial charge in [-0.2, -0.15) is 4.98 Å². The average molecular weight is 304 g/mol. The third-order valence-corrected chi connectivity index (χ3v) is 2.92. The van der Waals surface area contributed by atoms with Crippen molar-refractivity contribution in [1.82, 2.24) is 9.97 Å². The van der Waals surface area contributed by atoms with Gasteiger partial charge in [0.2, 0.25) is 5.71 Å². The van der Waals surface area contributed by atoms with Gasteiger partial charge in [0.1, 0.15) is 5.39 Å². The summed E-state index contributed by atoms with van der Waals surface area (Å²) in [5, 5.41) is 8.87. The first kappa shape index (κ1) is 15.8. The highest BCUT2D eigenvalue weighted by Crippen LogP contribution is 2.13. The predicted molar refractivity (Wildman–Crippen MR) is 79.9 cm³/mol. The van der Waals surface area contributed by atoms with Crippen LogP contribution in [0, 0.1) is 11.8 Å². The lowest BCUT2D eigenvalue weighted by Gasteiger charge is -2.04. The molecule has 2 aromatic rings. The summed E-state index contributed by atoms with van der Waals surface area (Å²) >= 11 is 0. The first-order valence-corrected chi connectivity index (χ1v) is 6.92. The zero-order valence-electron chi connectivity index (χ0n) is 12.1. The molecule has 0 radical (unpaired) electrons. The minimum absolute atomic E-state index is 0.0393. The Labute approximate surface area is 126 Å². The average Bonchev–Trinajstić information content (AvgIpc) is 2.49. The lowest BCUT2D eigenvalue weighted by molar-refractivity contribution is 0.290. The highest BCUT2D eigenvalue weighted by atomic mass is 16.5. The number of fused-ring (bicyclic) bond motifs is 1. The molecule has 2 aromatic heterocycles. The Hall–Kier alpha value is -2.59. The highest BCUT2D eigenvalue weighted by molar-refractivity contribution is 5.75. The van der Waals surface area contributed by atoms with Gasteiger partial charge in [0, 0.05) is 19.1 Å². The van der Waals surface area contributed by atoms with Gasteiger partial charge in [-0.15, -0.1) is 0 Å². The highest BCUT2D eigenvalue weighted by Gasteiger charge is 2.11. The molecule has 116 valence electrons. The van der Waals surface area contributed by atoms with Crippen LogP contribution in [0.4, 0.5) is 0 Å². The molecular formula is C15H16N2O5. The van der Waals surface area contributed by atoms with Crippen LogP contribution < -0.4 is 15.9 Å². The number of hydrogen-bond donors (Lipinski definition) is 2. The lowest BCUT2D eigenvalue weighted by atomic mass is 10.1. The summed E-state index contributed by atoms with van der Waals surface area (Å²) in [6.07, 6.45) is 1.68. The van der Waals surface area contributed by atoms with Crippen molar-refractivity contribution in [3.05, 3.63) is 32.4 Å². The first-order valence-electron chi connectivity index (χ1n) is 6.92. The van der Waals surface area contributed by atoms with E-state index in [1.54, 1.807) is 0 Å². The third-order valence-electron chi connectivity index (χ3n) is 2.92. The van der Waals surface area contributed by atoms with Crippen LogP contribution in [0.25, 0.3) is 11.1 Å². The van der Waals surface area contributed by atoms with Crippen LogP contribution in [0.15, 0.2) is 20.1 Å². The van der Waals surface area contributed by atoms with Crippen molar-refractivity contribution in [2.45, 2.75) is 26.2 Å². The summed E-state index contributed by atoms with van der Waals surface area (Å²) < 4.78 is 10.2. The van der Waals surface area contributed by atoms with Crippen LogP contribution in [0.2, 0.25) is 0 Å². The summed E-state index contributed by atoms with van der Waals surface area (Å²) in [5.41, 5.74) is -0.447. The maximum Gasteiger partial charge on any atom is 0.337 e. The van der Waals surface area contributed by atoms with Crippen molar-refractivity contribution in [3.63, 3.8) is 0 Å². The summed E-state index contributed by atoms with van der Waals surface area (Å²) in [6, 6.07) is 1.23. The van der Waals surface area contributed by atoms with E-state index in [1.807, 2.05) is 6.92 Å². The topological polar surface area (TPSA) is 105 Å². The number of nitrogens with zero attached hydrogens (tertiary/aromatic N) is 1. The standard InChI is InChI=1S/C15H16N2O5/c1-2-10-9-11(19)22-14-12(10)13(20)16-15(17-14)21-8-6-4-3-5-7-18/h9,18H,2-3,5,7-8H2,1H3,(H,16,17,20). The molecule has 0 atom stereocenters. The predicted octanol–water partition coefficient (Wildman–Crippen LogP) is 0.593. The minimum atomic E-state index is -0.558. The van der Waals surface area contributed by atoms with Crippen molar-refractivity contribution >= 4 is 11.1 Å². The number of hydrogen-bond acceptors (Lipinski definition) is 6. The zero-order chi connectivity index (χ0) is 15.9. The zero-order valence-corrected chi connectivity index (χ0v) is 12.1. The van der Waals surface area contributed by atoms with Crippen molar-refractivity contribution in [2.24, 2.45) is 0 Å². The summed E-state index contributed by atoms with van der Waals surface area (Å²) in [6.45, 7) is 1.96. The Kier molecular flexibility index (Phi) is 5.33.